The van der Waals surface area contributed by atoms with Gasteiger partial charge in [0.1, 0.15) is 0 Å². The van der Waals surface area contributed by atoms with Crippen molar-refractivity contribution in [2.24, 2.45) is 11.8 Å². The highest BCUT2D eigenvalue weighted by Crippen LogP contribution is 2.27. The summed E-state index contributed by atoms with van der Waals surface area (Å²) in [5, 5.41) is 3.52. The van der Waals surface area contributed by atoms with Gasteiger partial charge in [0, 0.05) is 12.7 Å². The van der Waals surface area contributed by atoms with Crippen LogP contribution in [0.3, 0.4) is 0 Å². The third kappa shape index (κ3) is 3.60. The Morgan fingerprint density at radius 3 is 2.75 bits per heavy atom. The maximum Gasteiger partial charge on any atom is 0.0541 e. The van der Waals surface area contributed by atoms with Crippen LogP contribution in [0.15, 0.2) is 24.4 Å². The third-order valence-corrected chi connectivity index (χ3v) is 3.60. The Kier molecular flexibility index (Phi) is 4.34. The molecule has 0 bridgehead atoms. The molecule has 1 aromatic heterocycles. The van der Waals surface area contributed by atoms with Crippen molar-refractivity contribution >= 4 is 0 Å². The van der Waals surface area contributed by atoms with Crippen molar-refractivity contribution in [3.63, 3.8) is 0 Å². The molecule has 1 N–H and O–H groups in total. The maximum absolute atomic E-state index is 4.31. The standard InChI is InChI=1S/C14H22N2/c1-12-5-7-13(8-6-12)10-15-11-14-4-2-3-9-16-14/h2-4,9,12-13,15H,5-8,10-11H2,1H3. The number of aromatic nitrogens is 1. The smallest absolute Gasteiger partial charge is 0.0541 e. The van der Waals surface area contributed by atoms with Gasteiger partial charge in [-0.15, -0.1) is 0 Å². The van der Waals surface area contributed by atoms with Crippen LogP contribution in [0.4, 0.5) is 0 Å². The molecule has 0 radical (unpaired) electrons. The molecule has 2 nitrogen and oxygen atoms in total. The summed E-state index contributed by atoms with van der Waals surface area (Å²) in [4.78, 5) is 4.31. The summed E-state index contributed by atoms with van der Waals surface area (Å²) < 4.78 is 0. The van der Waals surface area contributed by atoms with Crippen LogP contribution in [-0.4, -0.2) is 11.5 Å². The first-order chi connectivity index (χ1) is 7.84. The lowest BCUT2D eigenvalue weighted by Gasteiger charge is -2.26. The zero-order chi connectivity index (χ0) is 11.2. The van der Waals surface area contributed by atoms with E-state index in [1.165, 1.54) is 25.7 Å². The highest BCUT2D eigenvalue weighted by molar-refractivity contribution is 5.02. The first-order valence-corrected chi connectivity index (χ1v) is 6.45. The van der Waals surface area contributed by atoms with Gasteiger partial charge < -0.3 is 5.32 Å². The van der Waals surface area contributed by atoms with E-state index in [0.717, 1.165) is 30.6 Å². The molecular weight excluding hydrogens is 196 g/mol. The summed E-state index contributed by atoms with van der Waals surface area (Å²) in [6, 6.07) is 6.09. The van der Waals surface area contributed by atoms with Crippen LogP contribution < -0.4 is 5.32 Å². The Bertz CT molecular complexity index is 289. The van der Waals surface area contributed by atoms with Crippen molar-refractivity contribution in [2.45, 2.75) is 39.2 Å². The van der Waals surface area contributed by atoms with E-state index < -0.39 is 0 Å². The topological polar surface area (TPSA) is 24.9 Å². The fraction of sp³-hybridized carbons (Fsp3) is 0.643. The van der Waals surface area contributed by atoms with Gasteiger partial charge in [0.15, 0.2) is 0 Å². The molecule has 1 heterocycles. The fourth-order valence-electron chi connectivity index (χ4n) is 2.44. The van der Waals surface area contributed by atoms with E-state index in [1.54, 1.807) is 0 Å². The molecule has 0 amide bonds. The van der Waals surface area contributed by atoms with Crippen LogP contribution in [0.25, 0.3) is 0 Å². The molecule has 1 fully saturated rings. The SMILES string of the molecule is CC1CCC(CNCc2ccccn2)CC1. The number of nitrogens with zero attached hydrogens (tertiary/aromatic N) is 1. The lowest BCUT2D eigenvalue weighted by molar-refractivity contribution is 0.281. The Balaban J connectivity index is 1.65. The fourth-order valence-corrected chi connectivity index (χ4v) is 2.44. The van der Waals surface area contributed by atoms with Crippen molar-refractivity contribution in [1.29, 1.82) is 0 Å². The van der Waals surface area contributed by atoms with E-state index in [1.807, 2.05) is 18.3 Å². The van der Waals surface area contributed by atoms with Crippen LogP contribution in [-0.2, 0) is 6.54 Å². The summed E-state index contributed by atoms with van der Waals surface area (Å²) in [5.74, 6) is 1.84. The second-order valence-electron chi connectivity index (χ2n) is 5.08. The van der Waals surface area contributed by atoms with E-state index >= 15 is 0 Å². The average molecular weight is 218 g/mol. The molecule has 0 aliphatic heterocycles. The van der Waals surface area contributed by atoms with E-state index in [2.05, 4.69) is 23.3 Å². The van der Waals surface area contributed by atoms with Gasteiger partial charge >= 0.3 is 0 Å². The molecule has 1 aliphatic carbocycles. The summed E-state index contributed by atoms with van der Waals surface area (Å²) in [5.41, 5.74) is 1.15. The Morgan fingerprint density at radius 2 is 2.06 bits per heavy atom. The van der Waals surface area contributed by atoms with Gasteiger partial charge in [0.2, 0.25) is 0 Å². The Morgan fingerprint density at radius 1 is 1.25 bits per heavy atom. The number of nitrogens with one attached hydrogen (secondary N) is 1. The molecule has 0 saturated heterocycles. The monoisotopic (exact) mass is 218 g/mol. The first-order valence-electron chi connectivity index (χ1n) is 6.45. The van der Waals surface area contributed by atoms with Gasteiger partial charge in [-0.25, -0.2) is 0 Å². The molecule has 1 aromatic rings. The van der Waals surface area contributed by atoms with E-state index in [4.69, 9.17) is 0 Å². The molecule has 0 atom stereocenters. The molecule has 1 aliphatic rings. The Labute approximate surface area is 98.5 Å². The quantitative estimate of drug-likeness (QED) is 0.840. The van der Waals surface area contributed by atoms with Crippen LogP contribution in [0.5, 0.6) is 0 Å². The predicted molar refractivity (Wildman–Crippen MR) is 67.1 cm³/mol. The summed E-state index contributed by atoms with van der Waals surface area (Å²) in [7, 11) is 0. The molecule has 2 rings (SSSR count). The lowest BCUT2D eigenvalue weighted by Crippen LogP contribution is -2.25. The molecule has 16 heavy (non-hydrogen) atoms. The molecule has 2 heteroatoms. The minimum Gasteiger partial charge on any atom is -0.311 e. The largest absolute Gasteiger partial charge is 0.311 e. The molecule has 0 unspecified atom stereocenters. The van der Waals surface area contributed by atoms with Gasteiger partial charge in [-0.1, -0.05) is 25.8 Å². The lowest BCUT2D eigenvalue weighted by atomic mass is 9.83. The van der Waals surface area contributed by atoms with Crippen molar-refractivity contribution in [3.05, 3.63) is 30.1 Å². The van der Waals surface area contributed by atoms with Crippen molar-refractivity contribution < 1.29 is 0 Å². The second-order valence-corrected chi connectivity index (χ2v) is 5.08. The molecule has 0 aromatic carbocycles. The third-order valence-electron chi connectivity index (χ3n) is 3.60. The normalized spacial score (nSPS) is 25.6. The highest BCUT2D eigenvalue weighted by Gasteiger charge is 2.17. The minimum atomic E-state index is 0.889. The average Bonchev–Trinajstić information content (AvgIpc) is 2.33. The van der Waals surface area contributed by atoms with Gasteiger partial charge in [-0.05, 0) is 43.4 Å². The van der Waals surface area contributed by atoms with Crippen molar-refractivity contribution in [3.8, 4) is 0 Å². The van der Waals surface area contributed by atoms with E-state index in [0.29, 0.717) is 0 Å². The van der Waals surface area contributed by atoms with Crippen LogP contribution in [0.2, 0.25) is 0 Å². The van der Waals surface area contributed by atoms with Gasteiger partial charge in [-0.3, -0.25) is 4.98 Å². The number of hydrogen-bond acceptors (Lipinski definition) is 2. The zero-order valence-corrected chi connectivity index (χ0v) is 10.2. The van der Waals surface area contributed by atoms with E-state index in [-0.39, 0.29) is 0 Å². The minimum absolute atomic E-state index is 0.889. The number of rotatable bonds is 4. The number of pyridine rings is 1. The Hall–Kier alpha value is -0.890. The number of hydrogen-bond donors (Lipinski definition) is 1. The van der Waals surface area contributed by atoms with Gasteiger partial charge in [-0.2, -0.15) is 0 Å². The summed E-state index contributed by atoms with van der Waals surface area (Å²) in [6.07, 6.45) is 7.48. The van der Waals surface area contributed by atoms with Crippen molar-refractivity contribution in [1.82, 2.24) is 10.3 Å². The molecular formula is C14H22N2. The highest BCUT2D eigenvalue weighted by atomic mass is 14.9. The van der Waals surface area contributed by atoms with Crippen LogP contribution in [0, 0.1) is 11.8 Å². The molecule has 88 valence electrons. The molecule has 0 spiro atoms. The van der Waals surface area contributed by atoms with E-state index in [9.17, 15) is 0 Å². The maximum atomic E-state index is 4.31. The summed E-state index contributed by atoms with van der Waals surface area (Å²) in [6.45, 7) is 4.44. The second kappa shape index (κ2) is 6.00. The predicted octanol–water partition coefficient (Wildman–Crippen LogP) is 3.00. The van der Waals surface area contributed by atoms with Crippen molar-refractivity contribution in [2.75, 3.05) is 6.54 Å². The van der Waals surface area contributed by atoms with Crippen LogP contribution in [0.1, 0.15) is 38.3 Å². The first kappa shape index (κ1) is 11.6. The van der Waals surface area contributed by atoms with Crippen LogP contribution >= 0.6 is 0 Å². The zero-order valence-electron chi connectivity index (χ0n) is 10.2. The summed E-state index contributed by atoms with van der Waals surface area (Å²) >= 11 is 0. The molecule has 1 saturated carbocycles. The van der Waals surface area contributed by atoms with Gasteiger partial charge in [0.05, 0.1) is 5.69 Å². The van der Waals surface area contributed by atoms with Gasteiger partial charge in [0.25, 0.3) is 0 Å².